The van der Waals surface area contributed by atoms with Crippen molar-refractivity contribution in [1.82, 2.24) is 20.0 Å². The van der Waals surface area contributed by atoms with Crippen LogP contribution in [0.1, 0.15) is 24.6 Å². The summed E-state index contributed by atoms with van der Waals surface area (Å²) in [6.45, 7) is 2.62. The van der Waals surface area contributed by atoms with E-state index in [0.29, 0.717) is 13.1 Å². The Morgan fingerprint density at radius 1 is 1.48 bits per heavy atom. The van der Waals surface area contributed by atoms with Gasteiger partial charge < -0.3 is 10.1 Å². The van der Waals surface area contributed by atoms with Crippen LogP contribution < -0.4 is 5.32 Å². The van der Waals surface area contributed by atoms with Crippen LogP contribution in [0.3, 0.4) is 0 Å². The molecule has 0 aromatic carbocycles. The van der Waals surface area contributed by atoms with E-state index >= 15 is 0 Å². The molecule has 118 valence electrons. The van der Waals surface area contributed by atoms with Crippen molar-refractivity contribution in [2.24, 2.45) is 7.05 Å². The highest BCUT2D eigenvalue weighted by atomic mass is 19.3. The lowest BCUT2D eigenvalue weighted by atomic mass is 9.89. The number of nitrogens with zero attached hydrogens (tertiary/aromatic N) is 3. The van der Waals surface area contributed by atoms with E-state index in [0.717, 1.165) is 31.6 Å². The van der Waals surface area contributed by atoms with Crippen molar-refractivity contribution in [3.8, 4) is 0 Å². The number of morpholine rings is 1. The molecule has 1 unspecified atom stereocenters. The van der Waals surface area contributed by atoms with Gasteiger partial charge >= 0.3 is 0 Å². The third kappa shape index (κ3) is 3.41. The number of hydrogen-bond donors (Lipinski definition) is 1. The third-order valence-electron chi connectivity index (χ3n) is 4.30. The number of aryl methyl sites for hydroxylation is 1. The minimum atomic E-state index is -2.31. The Morgan fingerprint density at radius 2 is 2.24 bits per heavy atom. The summed E-state index contributed by atoms with van der Waals surface area (Å²) in [5.41, 5.74) is 0.509. The summed E-state index contributed by atoms with van der Waals surface area (Å²) < 4.78 is 33.6. The van der Waals surface area contributed by atoms with Gasteiger partial charge in [0.1, 0.15) is 6.10 Å². The predicted molar refractivity (Wildman–Crippen MR) is 74.3 cm³/mol. The van der Waals surface area contributed by atoms with Gasteiger partial charge in [-0.2, -0.15) is 5.10 Å². The number of rotatable bonds is 3. The van der Waals surface area contributed by atoms with Gasteiger partial charge in [-0.05, 0) is 32.0 Å². The normalized spacial score (nSPS) is 26.6. The van der Waals surface area contributed by atoms with E-state index in [4.69, 9.17) is 4.74 Å². The van der Waals surface area contributed by atoms with Gasteiger partial charge in [-0.1, -0.05) is 0 Å². The lowest BCUT2D eigenvalue weighted by Gasteiger charge is -2.48. The highest BCUT2D eigenvalue weighted by molar-refractivity contribution is 5.07. The zero-order valence-electron chi connectivity index (χ0n) is 12.3. The number of halogens is 2. The molecule has 1 aromatic heterocycles. The maximum atomic E-state index is 12.8. The standard InChI is InChI=1S/C14H22F2N4O/c1-19-7-2-11(18-19)12-8-20(9-13(15)16)10-14(21-12)3-5-17-6-4-14/h2,7,12-13,17H,3-6,8-10H2,1H3. The summed E-state index contributed by atoms with van der Waals surface area (Å²) in [5.74, 6) is 0. The molecule has 1 atom stereocenters. The van der Waals surface area contributed by atoms with Crippen LogP contribution in [-0.2, 0) is 11.8 Å². The number of piperidine rings is 1. The van der Waals surface area contributed by atoms with Crippen molar-refractivity contribution in [1.29, 1.82) is 0 Å². The molecule has 2 aliphatic rings. The van der Waals surface area contributed by atoms with Crippen LogP contribution in [0.5, 0.6) is 0 Å². The van der Waals surface area contributed by atoms with Gasteiger partial charge in [-0.3, -0.25) is 9.58 Å². The second kappa shape index (κ2) is 5.98. The van der Waals surface area contributed by atoms with Gasteiger partial charge in [0.2, 0.25) is 0 Å². The summed E-state index contributed by atoms with van der Waals surface area (Å²) in [7, 11) is 1.85. The molecule has 0 saturated carbocycles. The van der Waals surface area contributed by atoms with Crippen LogP contribution in [-0.4, -0.2) is 59.4 Å². The van der Waals surface area contributed by atoms with E-state index in [1.165, 1.54) is 0 Å². The van der Waals surface area contributed by atoms with Crippen molar-refractivity contribution in [2.45, 2.75) is 31.0 Å². The smallest absolute Gasteiger partial charge is 0.251 e. The lowest BCUT2D eigenvalue weighted by molar-refractivity contribution is -0.175. The summed E-state index contributed by atoms with van der Waals surface area (Å²) in [6.07, 6.45) is 1.04. The van der Waals surface area contributed by atoms with Gasteiger partial charge in [-0.25, -0.2) is 8.78 Å². The molecule has 0 amide bonds. The molecule has 21 heavy (non-hydrogen) atoms. The van der Waals surface area contributed by atoms with Crippen LogP contribution in [0.15, 0.2) is 12.3 Å². The summed E-state index contributed by atoms with van der Waals surface area (Å²) in [4.78, 5) is 1.83. The highest BCUT2D eigenvalue weighted by Crippen LogP contribution is 2.36. The second-order valence-corrected chi connectivity index (χ2v) is 6.04. The van der Waals surface area contributed by atoms with Crippen LogP contribution in [0.25, 0.3) is 0 Å². The Labute approximate surface area is 123 Å². The first-order chi connectivity index (χ1) is 10.1. The minimum Gasteiger partial charge on any atom is -0.363 e. The summed E-state index contributed by atoms with van der Waals surface area (Å²) in [5, 5.41) is 7.69. The van der Waals surface area contributed by atoms with Crippen molar-refractivity contribution >= 4 is 0 Å². The van der Waals surface area contributed by atoms with E-state index < -0.39 is 6.43 Å². The largest absolute Gasteiger partial charge is 0.363 e. The predicted octanol–water partition coefficient (Wildman–Crippen LogP) is 1.18. The highest BCUT2D eigenvalue weighted by Gasteiger charge is 2.43. The van der Waals surface area contributed by atoms with Gasteiger partial charge in [0.15, 0.2) is 0 Å². The van der Waals surface area contributed by atoms with E-state index in [2.05, 4.69) is 10.4 Å². The first-order valence-corrected chi connectivity index (χ1v) is 7.45. The Hall–Kier alpha value is -1.05. The van der Waals surface area contributed by atoms with E-state index in [1.54, 1.807) is 4.68 Å². The quantitative estimate of drug-likeness (QED) is 0.910. The number of aromatic nitrogens is 2. The lowest BCUT2D eigenvalue weighted by Crippen LogP contribution is -2.57. The van der Waals surface area contributed by atoms with Crippen LogP contribution >= 0.6 is 0 Å². The Bertz CT molecular complexity index is 473. The van der Waals surface area contributed by atoms with Crippen LogP contribution in [0.2, 0.25) is 0 Å². The maximum Gasteiger partial charge on any atom is 0.251 e. The molecule has 5 nitrogen and oxygen atoms in total. The Morgan fingerprint density at radius 3 is 2.86 bits per heavy atom. The zero-order valence-corrected chi connectivity index (χ0v) is 12.3. The van der Waals surface area contributed by atoms with Gasteiger partial charge in [0, 0.05) is 26.3 Å². The molecule has 1 spiro atoms. The van der Waals surface area contributed by atoms with Gasteiger partial charge in [0.25, 0.3) is 6.43 Å². The molecular formula is C14H22F2N4O. The Balaban J connectivity index is 1.79. The van der Waals surface area contributed by atoms with E-state index in [-0.39, 0.29) is 18.2 Å². The number of nitrogens with one attached hydrogen (secondary N) is 1. The maximum absolute atomic E-state index is 12.8. The molecule has 7 heteroatoms. The molecule has 0 radical (unpaired) electrons. The number of alkyl halides is 2. The fraction of sp³-hybridized carbons (Fsp3) is 0.786. The minimum absolute atomic E-state index is 0.193. The first-order valence-electron chi connectivity index (χ1n) is 7.45. The van der Waals surface area contributed by atoms with Gasteiger partial charge in [-0.15, -0.1) is 0 Å². The molecule has 2 aliphatic heterocycles. The molecular weight excluding hydrogens is 278 g/mol. The molecule has 0 aliphatic carbocycles. The van der Waals surface area contributed by atoms with Crippen LogP contribution in [0.4, 0.5) is 8.78 Å². The monoisotopic (exact) mass is 300 g/mol. The topological polar surface area (TPSA) is 42.3 Å². The molecule has 3 heterocycles. The zero-order chi connectivity index (χ0) is 14.9. The first kappa shape index (κ1) is 14.9. The SMILES string of the molecule is Cn1ccc(C2CN(CC(F)F)CC3(CCNCC3)O2)n1. The third-order valence-corrected chi connectivity index (χ3v) is 4.30. The summed E-state index contributed by atoms with van der Waals surface area (Å²) in [6, 6.07) is 1.91. The molecule has 0 bridgehead atoms. The van der Waals surface area contributed by atoms with E-state index in [1.807, 2.05) is 24.2 Å². The summed E-state index contributed by atoms with van der Waals surface area (Å²) >= 11 is 0. The number of ether oxygens (including phenoxy) is 1. The average molecular weight is 300 g/mol. The molecule has 2 fully saturated rings. The van der Waals surface area contributed by atoms with E-state index in [9.17, 15) is 8.78 Å². The fourth-order valence-corrected chi connectivity index (χ4v) is 3.33. The van der Waals surface area contributed by atoms with Crippen molar-refractivity contribution in [3.63, 3.8) is 0 Å². The fourth-order valence-electron chi connectivity index (χ4n) is 3.33. The number of hydrogen-bond acceptors (Lipinski definition) is 4. The van der Waals surface area contributed by atoms with Crippen molar-refractivity contribution in [3.05, 3.63) is 18.0 Å². The Kier molecular flexibility index (Phi) is 4.24. The van der Waals surface area contributed by atoms with Crippen molar-refractivity contribution in [2.75, 3.05) is 32.7 Å². The molecule has 1 aromatic rings. The van der Waals surface area contributed by atoms with Gasteiger partial charge in [0.05, 0.1) is 17.8 Å². The molecule has 1 N–H and O–H groups in total. The average Bonchev–Trinajstić information content (AvgIpc) is 2.85. The molecule has 3 rings (SSSR count). The molecule has 2 saturated heterocycles. The van der Waals surface area contributed by atoms with Crippen molar-refractivity contribution < 1.29 is 13.5 Å². The second-order valence-electron chi connectivity index (χ2n) is 6.04. The van der Waals surface area contributed by atoms with Crippen LogP contribution in [0, 0.1) is 0 Å².